The standard InChI is InChI=1S/C13H15ClN2O3/c14-9-6-8(12(15)19)2-3-10(9)16-13(4-1-5-13)7-11(17)18/h2-3,6,16H,1,4-5,7H2,(H2,15,19)(H,17,18). The molecule has 1 aliphatic carbocycles. The zero-order valence-corrected chi connectivity index (χ0v) is 11.0. The van der Waals surface area contributed by atoms with Crippen molar-refractivity contribution in [1.29, 1.82) is 0 Å². The van der Waals surface area contributed by atoms with E-state index < -0.39 is 17.4 Å². The van der Waals surface area contributed by atoms with Gasteiger partial charge in [-0.3, -0.25) is 9.59 Å². The van der Waals surface area contributed by atoms with Gasteiger partial charge >= 0.3 is 5.97 Å². The van der Waals surface area contributed by atoms with Crippen LogP contribution in [0.3, 0.4) is 0 Å². The molecule has 1 aromatic rings. The first-order chi connectivity index (χ1) is 8.92. The fourth-order valence-corrected chi connectivity index (χ4v) is 2.52. The van der Waals surface area contributed by atoms with Crippen molar-refractivity contribution >= 4 is 29.2 Å². The average Bonchev–Trinajstić information content (AvgIpc) is 2.27. The Morgan fingerprint density at radius 1 is 1.42 bits per heavy atom. The third-order valence-electron chi connectivity index (χ3n) is 3.45. The van der Waals surface area contributed by atoms with Gasteiger partial charge in [0.05, 0.1) is 17.1 Å². The van der Waals surface area contributed by atoms with Crippen molar-refractivity contribution in [2.75, 3.05) is 5.32 Å². The van der Waals surface area contributed by atoms with Crippen molar-refractivity contribution in [3.8, 4) is 0 Å². The molecule has 2 rings (SSSR count). The predicted molar refractivity (Wildman–Crippen MR) is 72.4 cm³/mol. The van der Waals surface area contributed by atoms with Gasteiger partial charge in [0.25, 0.3) is 0 Å². The van der Waals surface area contributed by atoms with Gasteiger partial charge in [-0.2, -0.15) is 0 Å². The molecule has 1 aromatic carbocycles. The first-order valence-corrected chi connectivity index (χ1v) is 6.39. The summed E-state index contributed by atoms with van der Waals surface area (Å²) in [6, 6.07) is 4.72. The lowest BCUT2D eigenvalue weighted by Gasteiger charge is -2.42. The third-order valence-corrected chi connectivity index (χ3v) is 3.77. The number of carbonyl (C=O) groups is 2. The van der Waals surface area contributed by atoms with Crippen LogP contribution in [0.2, 0.25) is 5.02 Å². The molecule has 0 bridgehead atoms. The zero-order chi connectivity index (χ0) is 14.0. The molecule has 1 fully saturated rings. The van der Waals surface area contributed by atoms with Gasteiger partial charge in [-0.15, -0.1) is 0 Å². The van der Waals surface area contributed by atoms with Crippen LogP contribution < -0.4 is 11.1 Å². The van der Waals surface area contributed by atoms with E-state index in [1.54, 1.807) is 12.1 Å². The molecular weight excluding hydrogens is 268 g/mol. The van der Waals surface area contributed by atoms with Crippen LogP contribution in [0.15, 0.2) is 18.2 Å². The number of aliphatic carboxylic acids is 1. The third kappa shape index (κ3) is 2.98. The summed E-state index contributed by atoms with van der Waals surface area (Å²) in [5.74, 6) is -1.38. The topological polar surface area (TPSA) is 92.4 Å². The van der Waals surface area contributed by atoms with Crippen LogP contribution in [0.4, 0.5) is 5.69 Å². The number of hydrogen-bond donors (Lipinski definition) is 3. The van der Waals surface area contributed by atoms with E-state index in [1.807, 2.05) is 0 Å². The molecule has 4 N–H and O–H groups in total. The largest absolute Gasteiger partial charge is 0.481 e. The lowest BCUT2D eigenvalue weighted by molar-refractivity contribution is -0.138. The summed E-state index contributed by atoms with van der Waals surface area (Å²) in [7, 11) is 0. The number of rotatable bonds is 5. The minimum Gasteiger partial charge on any atom is -0.481 e. The molecule has 0 unspecified atom stereocenters. The number of benzene rings is 1. The molecule has 0 spiro atoms. The first-order valence-electron chi connectivity index (χ1n) is 6.01. The summed E-state index contributed by atoms with van der Waals surface area (Å²) in [4.78, 5) is 21.9. The fourth-order valence-electron chi connectivity index (χ4n) is 2.29. The molecule has 0 aliphatic heterocycles. The predicted octanol–water partition coefficient (Wildman–Crippen LogP) is 2.25. The number of anilines is 1. The van der Waals surface area contributed by atoms with Crippen LogP contribution in [0.5, 0.6) is 0 Å². The molecule has 0 radical (unpaired) electrons. The lowest BCUT2D eigenvalue weighted by Crippen LogP contribution is -2.46. The average molecular weight is 283 g/mol. The number of primary amides is 1. The van der Waals surface area contributed by atoms with E-state index in [9.17, 15) is 9.59 Å². The van der Waals surface area contributed by atoms with Gasteiger partial charge in [-0.05, 0) is 37.5 Å². The van der Waals surface area contributed by atoms with Gasteiger partial charge in [0, 0.05) is 11.1 Å². The van der Waals surface area contributed by atoms with E-state index in [1.165, 1.54) is 6.07 Å². The summed E-state index contributed by atoms with van der Waals surface area (Å²) in [5, 5.41) is 12.5. The van der Waals surface area contributed by atoms with Crippen LogP contribution in [0.1, 0.15) is 36.0 Å². The maximum absolute atomic E-state index is 11.0. The summed E-state index contributed by atoms with van der Waals surface area (Å²) < 4.78 is 0. The van der Waals surface area contributed by atoms with E-state index >= 15 is 0 Å². The maximum Gasteiger partial charge on any atom is 0.305 e. The Hall–Kier alpha value is -1.75. The molecule has 19 heavy (non-hydrogen) atoms. The minimum absolute atomic E-state index is 0.0564. The zero-order valence-electron chi connectivity index (χ0n) is 10.3. The van der Waals surface area contributed by atoms with Gasteiger partial charge in [0.1, 0.15) is 0 Å². The number of hydrogen-bond acceptors (Lipinski definition) is 3. The van der Waals surface area contributed by atoms with Crippen LogP contribution in [-0.2, 0) is 4.79 Å². The maximum atomic E-state index is 11.0. The molecule has 0 atom stereocenters. The SMILES string of the molecule is NC(=O)c1ccc(NC2(CC(=O)O)CCC2)c(Cl)c1. The van der Waals surface area contributed by atoms with E-state index in [2.05, 4.69) is 5.32 Å². The second kappa shape index (κ2) is 5.09. The summed E-state index contributed by atoms with van der Waals surface area (Å²) in [6.45, 7) is 0. The summed E-state index contributed by atoms with van der Waals surface area (Å²) in [6.07, 6.45) is 2.65. The highest BCUT2D eigenvalue weighted by atomic mass is 35.5. The van der Waals surface area contributed by atoms with Crippen molar-refractivity contribution in [1.82, 2.24) is 0 Å². The summed E-state index contributed by atoms with van der Waals surface area (Å²) >= 11 is 6.08. The highest BCUT2D eigenvalue weighted by Crippen LogP contribution is 2.39. The lowest BCUT2D eigenvalue weighted by atomic mass is 9.74. The van der Waals surface area contributed by atoms with E-state index in [0.29, 0.717) is 16.3 Å². The van der Waals surface area contributed by atoms with Crippen LogP contribution in [0, 0.1) is 0 Å². The second-order valence-electron chi connectivity index (χ2n) is 4.89. The molecule has 1 aliphatic rings. The Morgan fingerprint density at radius 3 is 2.53 bits per heavy atom. The molecule has 102 valence electrons. The molecule has 6 heteroatoms. The van der Waals surface area contributed by atoms with Gasteiger partial charge < -0.3 is 16.2 Å². The van der Waals surface area contributed by atoms with Crippen molar-refractivity contribution in [3.63, 3.8) is 0 Å². The van der Waals surface area contributed by atoms with Gasteiger partial charge in [-0.25, -0.2) is 0 Å². The number of halogens is 1. The van der Waals surface area contributed by atoms with E-state index in [0.717, 1.165) is 19.3 Å². The molecule has 1 saturated carbocycles. The molecule has 0 saturated heterocycles. The fraction of sp³-hybridized carbons (Fsp3) is 0.385. The molecule has 0 heterocycles. The smallest absolute Gasteiger partial charge is 0.305 e. The number of carboxylic acid groups (broad SMARTS) is 1. The van der Waals surface area contributed by atoms with Crippen LogP contribution >= 0.6 is 11.6 Å². The van der Waals surface area contributed by atoms with Crippen molar-refractivity contribution in [2.24, 2.45) is 5.73 Å². The van der Waals surface area contributed by atoms with Crippen LogP contribution in [-0.4, -0.2) is 22.5 Å². The first kappa shape index (κ1) is 13.7. The Kier molecular flexibility index (Phi) is 3.66. The normalized spacial score (nSPS) is 16.5. The number of nitrogens with one attached hydrogen (secondary N) is 1. The highest BCUT2D eigenvalue weighted by Gasteiger charge is 2.39. The van der Waals surface area contributed by atoms with Crippen molar-refractivity contribution in [3.05, 3.63) is 28.8 Å². The second-order valence-corrected chi connectivity index (χ2v) is 5.30. The molecule has 1 amide bonds. The van der Waals surface area contributed by atoms with Crippen molar-refractivity contribution in [2.45, 2.75) is 31.2 Å². The number of carboxylic acids is 1. The Bertz CT molecular complexity index is 527. The van der Waals surface area contributed by atoms with Gasteiger partial charge in [0.15, 0.2) is 0 Å². The minimum atomic E-state index is -0.836. The highest BCUT2D eigenvalue weighted by molar-refractivity contribution is 6.33. The number of nitrogens with two attached hydrogens (primary N) is 1. The van der Waals surface area contributed by atoms with Gasteiger partial charge in [0.2, 0.25) is 5.91 Å². The van der Waals surface area contributed by atoms with Crippen LogP contribution in [0.25, 0.3) is 0 Å². The molecule has 0 aromatic heterocycles. The number of carbonyl (C=O) groups excluding carboxylic acids is 1. The Balaban J connectivity index is 2.18. The summed E-state index contributed by atoms with van der Waals surface area (Å²) in [5.41, 5.74) is 5.70. The quantitative estimate of drug-likeness (QED) is 0.772. The van der Waals surface area contributed by atoms with E-state index in [-0.39, 0.29) is 6.42 Å². The van der Waals surface area contributed by atoms with Crippen molar-refractivity contribution < 1.29 is 14.7 Å². The van der Waals surface area contributed by atoms with Gasteiger partial charge in [-0.1, -0.05) is 11.6 Å². The molecule has 5 nitrogen and oxygen atoms in total. The Labute approximate surface area is 115 Å². The number of amides is 1. The Morgan fingerprint density at radius 2 is 2.11 bits per heavy atom. The molecular formula is C13H15ClN2O3. The monoisotopic (exact) mass is 282 g/mol. The van der Waals surface area contributed by atoms with E-state index in [4.69, 9.17) is 22.4 Å².